The van der Waals surface area contributed by atoms with E-state index in [1.165, 1.54) is 17.5 Å². The zero-order valence-electron chi connectivity index (χ0n) is 17.9. The Morgan fingerprint density at radius 1 is 1.21 bits per heavy atom. The second-order valence-electron chi connectivity index (χ2n) is 7.16. The van der Waals surface area contributed by atoms with Gasteiger partial charge < -0.3 is 15.5 Å². The number of hydrogen-bond acceptors (Lipinski definition) is 3. The average molecular weight is 385 g/mol. The lowest BCUT2D eigenvalue weighted by molar-refractivity contribution is 0.292. The van der Waals surface area contributed by atoms with Crippen molar-refractivity contribution in [3.63, 3.8) is 0 Å². The molecule has 0 fully saturated rings. The van der Waals surface area contributed by atoms with Crippen LogP contribution in [0.25, 0.3) is 0 Å². The minimum absolute atomic E-state index is 0.396. The molecule has 0 spiro atoms. The van der Waals surface area contributed by atoms with Crippen LogP contribution in [0.2, 0.25) is 0 Å². The molecule has 0 aliphatic carbocycles. The lowest BCUT2D eigenvalue weighted by atomic mass is 10.1. The van der Waals surface area contributed by atoms with Crippen LogP contribution in [-0.2, 0) is 13.1 Å². The van der Waals surface area contributed by atoms with Gasteiger partial charge in [0, 0.05) is 32.0 Å². The molecule has 1 heterocycles. The highest BCUT2D eigenvalue weighted by atomic mass is 15.3. The molecule has 1 unspecified atom stereocenters. The molecule has 6 nitrogen and oxygen atoms in total. The highest BCUT2D eigenvalue weighted by molar-refractivity contribution is 5.79. The smallest absolute Gasteiger partial charge is 0.191 e. The van der Waals surface area contributed by atoms with Crippen molar-refractivity contribution in [2.75, 3.05) is 26.7 Å². The number of benzene rings is 1. The Morgan fingerprint density at radius 3 is 2.68 bits per heavy atom. The van der Waals surface area contributed by atoms with E-state index in [2.05, 4.69) is 70.7 Å². The SMILES string of the molecule is CCN(CC)CCCC(C)NC(=NC)NCc1cccc(Cn2cccn2)c1. The van der Waals surface area contributed by atoms with Crippen molar-refractivity contribution in [3.8, 4) is 0 Å². The van der Waals surface area contributed by atoms with Crippen LogP contribution in [0.4, 0.5) is 0 Å². The monoisotopic (exact) mass is 384 g/mol. The summed E-state index contributed by atoms with van der Waals surface area (Å²) < 4.78 is 1.94. The normalized spacial score (nSPS) is 13.0. The van der Waals surface area contributed by atoms with Gasteiger partial charge in [-0.15, -0.1) is 0 Å². The third-order valence-electron chi connectivity index (χ3n) is 4.97. The first-order valence-electron chi connectivity index (χ1n) is 10.4. The summed E-state index contributed by atoms with van der Waals surface area (Å²) in [5.74, 6) is 0.854. The quantitative estimate of drug-likeness (QED) is 0.462. The molecule has 0 saturated carbocycles. The fraction of sp³-hybridized carbons (Fsp3) is 0.545. The summed E-state index contributed by atoms with van der Waals surface area (Å²) in [7, 11) is 1.83. The fourth-order valence-corrected chi connectivity index (χ4v) is 3.27. The lowest BCUT2D eigenvalue weighted by Gasteiger charge is -2.21. The van der Waals surface area contributed by atoms with Gasteiger partial charge in [0.15, 0.2) is 5.96 Å². The first kappa shape index (κ1) is 22.0. The van der Waals surface area contributed by atoms with Crippen molar-refractivity contribution >= 4 is 5.96 Å². The van der Waals surface area contributed by atoms with E-state index in [-0.39, 0.29) is 0 Å². The molecule has 0 saturated heterocycles. The van der Waals surface area contributed by atoms with Gasteiger partial charge in [-0.05, 0) is 56.6 Å². The maximum absolute atomic E-state index is 4.37. The fourth-order valence-electron chi connectivity index (χ4n) is 3.27. The van der Waals surface area contributed by atoms with Crippen LogP contribution >= 0.6 is 0 Å². The van der Waals surface area contributed by atoms with Crippen LogP contribution in [0.3, 0.4) is 0 Å². The molecule has 0 radical (unpaired) electrons. The third kappa shape index (κ3) is 7.72. The van der Waals surface area contributed by atoms with E-state index in [1.807, 2.05) is 30.2 Å². The van der Waals surface area contributed by atoms with Gasteiger partial charge in [-0.1, -0.05) is 38.1 Å². The average Bonchev–Trinajstić information content (AvgIpc) is 3.21. The number of aliphatic imine (C=N–C) groups is 1. The van der Waals surface area contributed by atoms with Crippen LogP contribution in [0.1, 0.15) is 44.7 Å². The topological polar surface area (TPSA) is 57.5 Å². The molecular formula is C22H36N6. The zero-order valence-corrected chi connectivity index (χ0v) is 17.9. The summed E-state index contributed by atoms with van der Waals surface area (Å²) in [6.07, 6.45) is 6.13. The van der Waals surface area contributed by atoms with E-state index in [0.29, 0.717) is 6.04 Å². The first-order valence-corrected chi connectivity index (χ1v) is 10.4. The standard InChI is InChI=1S/C22H36N6/c1-5-27(6-2)14-8-10-19(3)26-22(23-4)24-17-20-11-7-12-21(16-20)18-28-15-9-13-25-28/h7,9,11-13,15-16,19H,5-6,8,10,14,17-18H2,1-4H3,(H2,23,24,26). The molecular weight excluding hydrogens is 348 g/mol. The van der Waals surface area contributed by atoms with E-state index in [9.17, 15) is 0 Å². The molecule has 0 bridgehead atoms. The van der Waals surface area contributed by atoms with Crippen molar-refractivity contribution in [1.29, 1.82) is 0 Å². The summed E-state index contributed by atoms with van der Waals surface area (Å²) in [6.45, 7) is 11.6. The molecule has 0 aliphatic rings. The molecule has 6 heteroatoms. The number of guanidine groups is 1. The molecule has 0 aliphatic heterocycles. The van der Waals surface area contributed by atoms with Gasteiger partial charge in [-0.25, -0.2) is 0 Å². The highest BCUT2D eigenvalue weighted by Gasteiger charge is 2.07. The van der Waals surface area contributed by atoms with Gasteiger partial charge in [-0.3, -0.25) is 9.67 Å². The predicted molar refractivity (Wildman–Crippen MR) is 118 cm³/mol. The van der Waals surface area contributed by atoms with E-state index in [0.717, 1.165) is 45.1 Å². The lowest BCUT2D eigenvalue weighted by Crippen LogP contribution is -2.42. The summed E-state index contributed by atoms with van der Waals surface area (Å²) in [6, 6.07) is 10.9. The number of hydrogen-bond donors (Lipinski definition) is 2. The van der Waals surface area contributed by atoms with Crippen LogP contribution in [0.5, 0.6) is 0 Å². The molecule has 1 atom stereocenters. The molecule has 2 rings (SSSR count). The molecule has 1 aromatic heterocycles. The van der Waals surface area contributed by atoms with Crippen molar-refractivity contribution in [3.05, 3.63) is 53.9 Å². The predicted octanol–water partition coefficient (Wildman–Crippen LogP) is 3.11. The van der Waals surface area contributed by atoms with Gasteiger partial charge >= 0.3 is 0 Å². The summed E-state index contributed by atoms with van der Waals surface area (Å²) in [4.78, 5) is 6.84. The summed E-state index contributed by atoms with van der Waals surface area (Å²) >= 11 is 0. The Kier molecular flexibility index (Phi) is 9.55. The maximum atomic E-state index is 4.37. The van der Waals surface area contributed by atoms with Crippen molar-refractivity contribution in [2.24, 2.45) is 4.99 Å². The van der Waals surface area contributed by atoms with E-state index < -0.39 is 0 Å². The van der Waals surface area contributed by atoms with Gasteiger partial charge in [0.2, 0.25) is 0 Å². The van der Waals surface area contributed by atoms with E-state index in [4.69, 9.17) is 0 Å². The molecule has 0 amide bonds. The van der Waals surface area contributed by atoms with Crippen molar-refractivity contribution in [1.82, 2.24) is 25.3 Å². The Labute approximate surface area is 170 Å². The molecule has 2 N–H and O–H groups in total. The van der Waals surface area contributed by atoms with Gasteiger partial charge in [0.25, 0.3) is 0 Å². The van der Waals surface area contributed by atoms with Crippen LogP contribution < -0.4 is 10.6 Å². The van der Waals surface area contributed by atoms with Crippen LogP contribution in [0.15, 0.2) is 47.7 Å². The van der Waals surface area contributed by atoms with Gasteiger partial charge in [0.1, 0.15) is 0 Å². The van der Waals surface area contributed by atoms with Crippen LogP contribution in [-0.4, -0.2) is 53.4 Å². The van der Waals surface area contributed by atoms with Gasteiger partial charge in [-0.2, -0.15) is 5.10 Å². The minimum Gasteiger partial charge on any atom is -0.354 e. The number of nitrogens with zero attached hydrogens (tertiary/aromatic N) is 4. The highest BCUT2D eigenvalue weighted by Crippen LogP contribution is 2.07. The maximum Gasteiger partial charge on any atom is 0.191 e. The number of aromatic nitrogens is 2. The molecule has 154 valence electrons. The Morgan fingerprint density at radius 2 is 2.00 bits per heavy atom. The van der Waals surface area contributed by atoms with Crippen molar-refractivity contribution in [2.45, 2.75) is 52.7 Å². The minimum atomic E-state index is 0.396. The number of nitrogens with one attached hydrogen (secondary N) is 2. The first-order chi connectivity index (χ1) is 13.6. The second kappa shape index (κ2) is 12.2. The Hall–Kier alpha value is -2.34. The third-order valence-corrected chi connectivity index (χ3v) is 4.97. The van der Waals surface area contributed by atoms with E-state index in [1.54, 1.807) is 0 Å². The van der Waals surface area contributed by atoms with E-state index >= 15 is 0 Å². The molecule has 28 heavy (non-hydrogen) atoms. The van der Waals surface area contributed by atoms with Crippen molar-refractivity contribution < 1.29 is 0 Å². The number of rotatable bonds is 11. The van der Waals surface area contributed by atoms with Gasteiger partial charge in [0.05, 0.1) is 6.54 Å². The molecule has 1 aromatic carbocycles. The Bertz CT molecular complexity index is 691. The zero-order chi connectivity index (χ0) is 20.2. The summed E-state index contributed by atoms with van der Waals surface area (Å²) in [5, 5.41) is 11.2. The second-order valence-corrected chi connectivity index (χ2v) is 7.16. The Balaban J connectivity index is 1.77. The molecule has 2 aromatic rings. The summed E-state index contributed by atoms with van der Waals surface area (Å²) in [5.41, 5.74) is 2.48. The largest absolute Gasteiger partial charge is 0.354 e. The van der Waals surface area contributed by atoms with Crippen LogP contribution in [0, 0.1) is 0 Å².